The van der Waals surface area contributed by atoms with Crippen LogP contribution in [0, 0.1) is 5.92 Å². The molecule has 1 aliphatic rings. The number of carboxylic acids is 1. The van der Waals surface area contributed by atoms with E-state index in [1.165, 1.54) is 12.8 Å². The van der Waals surface area contributed by atoms with Gasteiger partial charge in [-0.15, -0.1) is 0 Å². The van der Waals surface area contributed by atoms with Gasteiger partial charge in [0.2, 0.25) is 0 Å². The lowest BCUT2D eigenvalue weighted by atomic mass is 9.97. The van der Waals surface area contributed by atoms with E-state index in [-0.39, 0.29) is 11.9 Å². The summed E-state index contributed by atoms with van der Waals surface area (Å²) in [6.07, 6.45) is 5.71. The fourth-order valence-corrected chi connectivity index (χ4v) is 2.19. The Morgan fingerprint density at radius 1 is 1.22 bits per heavy atom. The smallest absolute Gasteiger partial charge is 0.317 e. The number of nitrogens with one attached hydrogen (secondary N) is 1. The second-order valence-electron chi connectivity index (χ2n) is 4.89. The van der Waals surface area contributed by atoms with Crippen LogP contribution in [0.5, 0.6) is 0 Å². The Bertz CT molecular complexity index is 273. The first-order valence-corrected chi connectivity index (χ1v) is 6.90. The molecular formula is C13H24N2O3. The number of carbonyl (C=O) groups is 2. The van der Waals surface area contributed by atoms with Crippen molar-refractivity contribution in [1.29, 1.82) is 0 Å². The molecule has 1 rings (SSSR count). The molecule has 0 aromatic rings. The average Bonchev–Trinajstić information content (AvgIpc) is 2.38. The summed E-state index contributed by atoms with van der Waals surface area (Å²) in [4.78, 5) is 24.3. The number of unbranched alkanes of at least 4 members (excludes halogenated alkanes) is 3. The molecule has 104 valence electrons. The summed E-state index contributed by atoms with van der Waals surface area (Å²) in [5, 5.41) is 11.8. The zero-order valence-corrected chi connectivity index (χ0v) is 11.2. The van der Waals surface area contributed by atoms with E-state index in [1.54, 1.807) is 4.90 Å². The van der Waals surface area contributed by atoms with E-state index >= 15 is 0 Å². The fraction of sp³-hybridized carbons (Fsp3) is 0.846. The number of likely N-dealkylation sites (tertiary alicyclic amines) is 1. The largest absolute Gasteiger partial charge is 0.481 e. The highest BCUT2D eigenvalue weighted by Crippen LogP contribution is 2.17. The van der Waals surface area contributed by atoms with E-state index in [0.717, 1.165) is 19.4 Å². The highest BCUT2D eigenvalue weighted by molar-refractivity contribution is 5.75. The van der Waals surface area contributed by atoms with Crippen LogP contribution in [0.3, 0.4) is 0 Å². The van der Waals surface area contributed by atoms with Gasteiger partial charge in [0.15, 0.2) is 0 Å². The molecule has 2 amide bonds. The lowest BCUT2D eigenvalue weighted by Gasteiger charge is -2.30. The van der Waals surface area contributed by atoms with Gasteiger partial charge in [-0.1, -0.05) is 26.2 Å². The number of aliphatic carboxylic acids is 1. The van der Waals surface area contributed by atoms with Crippen LogP contribution < -0.4 is 5.32 Å². The number of hydrogen-bond donors (Lipinski definition) is 2. The molecule has 0 saturated carbocycles. The number of rotatable bonds is 6. The van der Waals surface area contributed by atoms with E-state index in [1.807, 2.05) is 0 Å². The van der Waals surface area contributed by atoms with Crippen molar-refractivity contribution in [3.63, 3.8) is 0 Å². The van der Waals surface area contributed by atoms with Crippen molar-refractivity contribution in [2.75, 3.05) is 19.6 Å². The molecular weight excluding hydrogens is 232 g/mol. The van der Waals surface area contributed by atoms with Gasteiger partial charge < -0.3 is 15.3 Å². The van der Waals surface area contributed by atoms with Crippen molar-refractivity contribution in [2.45, 2.75) is 45.4 Å². The van der Waals surface area contributed by atoms with Gasteiger partial charge in [-0.2, -0.15) is 0 Å². The summed E-state index contributed by atoms with van der Waals surface area (Å²) in [7, 11) is 0. The molecule has 1 aliphatic heterocycles. The van der Waals surface area contributed by atoms with Crippen molar-refractivity contribution in [1.82, 2.24) is 10.2 Å². The molecule has 0 aromatic heterocycles. The van der Waals surface area contributed by atoms with Crippen LogP contribution >= 0.6 is 0 Å². The molecule has 0 bridgehead atoms. The number of piperidine rings is 1. The van der Waals surface area contributed by atoms with E-state index in [4.69, 9.17) is 5.11 Å². The Morgan fingerprint density at radius 3 is 2.44 bits per heavy atom. The van der Waals surface area contributed by atoms with Gasteiger partial charge in [0.25, 0.3) is 0 Å². The Kier molecular flexibility index (Phi) is 6.54. The molecule has 0 spiro atoms. The van der Waals surface area contributed by atoms with Gasteiger partial charge in [0.1, 0.15) is 0 Å². The van der Waals surface area contributed by atoms with Crippen LogP contribution in [0.4, 0.5) is 4.79 Å². The quantitative estimate of drug-likeness (QED) is 0.715. The molecule has 1 heterocycles. The molecule has 0 atom stereocenters. The molecule has 1 fully saturated rings. The third-order valence-electron chi connectivity index (χ3n) is 3.44. The summed E-state index contributed by atoms with van der Waals surface area (Å²) >= 11 is 0. The van der Waals surface area contributed by atoms with Crippen LogP contribution in [-0.2, 0) is 4.79 Å². The number of hydrogen-bond acceptors (Lipinski definition) is 2. The SMILES string of the molecule is CCCCCCNC(=O)N1CCC(C(=O)O)CC1. The maximum absolute atomic E-state index is 11.8. The molecule has 2 N–H and O–H groups in total. The number of carbonyl (C=O) groups excluding carboxylic acids is 1. The first-order valence-electron chi connectivity index (χ1n) is 6.90. The summed E-state index contributed by atoms with van der Waals surface area (Å²) < 4.78 is 0. The minimum atomic E-state index is -0.741. The van der Waals surface area contributed by atoms with Crippen LogP contribution in [0.1, 0.15) is 45.4 Å². The summed E-state index contributed by atoms with van der Waals surface area (Å²) in [6.45, 7) is 3.98. The molecule has 5 heteroatoms. The van der Waals surface area contributed by atoms with Gasteiger partial charge in [0, 0.05) is 19.6 Å². The monoisotopic (exact) mass is 256 g/mol. The van der Waals surface area contributed by atoms with Crippen molar-refractivity contribution < 1.29 is 14.7 Å². The summed E-state index contributed by atoms with van der Waals surface area (Å²) in [5.74, 6) is -1.02. The molecule has 0 aromatic carbocycles. The van der Waals surface area contributed by atoms with Gasteiger partial charge in [-0.25, -0.2) is 4.79 Å². The van der Waals surface area contributed by atoms with Crippen LogP contribution in [0.2, 0.25) is 0 Å². The Balaban J connectivity index is 2.14. The first kappa shape index (κ1) is 14.8. The molecule has 0 radical (unpaired) electrons. The minimum Gasteiger partial charge on any atom is -0.481 e. The van der Waals surface area contributed by atoms with Crippen molar-refractivity contribution >= 4 is 12.0 Å². The highest BCUT2D eigenvalue weighted by atomic mass is 16.4. The maximum Gasteiger partial charge on any atom is 0.317 e. The number of amides is 2. The first-order chi connectivity index (χ1) is 8.65. The fourth-order valence-electron chi connectivity index (χ4n) is 2.19. The molecule has 18 heavy (non-hydrogen) atoms. The second-order valence-corrected chi connectivity index (χ2v) is 4.89. The Labute approximate surface area is 109 Å². The highest BCUT2D eigenvalue weighted by Gasteiger charge is 2.26. The van der Waals surface area contributed by atoms with Gasteiger partial charge in [-0.05, 0) is 19.3 Å². The normalized spacial score (nSPS) is 16.6. The Morgan fingerprint density at radius 2 is 1.89 bits per heavy atom. The van der Waals surface area contributed by atoms with Crippen molar-refractivity contribution in [3.8, 4) is 0 Å². The number of nitrogens with zero attached hydrogens (tertiary/aromatic N) is 1. The topological polar surface area (TPSA) is 69.6 Å². The van der Waals surface area contributed by atoms with Gasteiger partial charge in [-0.3, -0.25) is 4.79 Å². The van der Waals surface area contributed by atoms with E-state index in [2.05, 4.69) is 12.2 Å². The average molecular weight is 256 g/mol. The third kappa shape index (κ3) is 4.94. The predicted octanol–water partition coefficient (Wildman–Crippen LogP) is 2.07. The zero-order valence-electron chi connectivity index (χ0n) is 11.2. The molecule has 1 saturated heterocycles. The second kappa shape index (κ2) is 7.95. The maximum atomic E-state index is 11.8. The van der Waals surface area contributed by atoms with E-state index < -0.39 is 5.97 Å². The lowest BCUT2D eigenvalue weighted by molar-refractivity contribution is -0.143. The molecule has 0 unspecified atom stereocenters. The summed E-state index contributed by atoms with van der Waals surface area (Å²) in [5.41, 5.74) is 0. The van der Waals surface area contributed by atoms with Crippen molar-refractivity contribution in [2.24, 2.45) is 5.92 Å². The van der Waals surface area contributed by atoms with E-state index in [0.29, 0.717) is 25.9 Å². The Hall–Kier alpha value is -1.26. The van der Waals surface area contributed by atoms with Crippen LogP contribution in [-0.4, -0.2) is 41.6 Å². The zero-order chi connectivity index (χ0) is 13.4. The molecule has 5 nitrogen and oxygen atoms in total. The van der Waals surface area contributed by atoms with Crippen LogP contribution in [0.25, 0.3) is 0 Å². The predicted molar refractivity (Wildman–Crippen MR) is 69.5 cm³/mol. The minimum absolute atomic E-state index is 0.0460. The lowest BCUT2D eigenvalue weighted by Crippen LogP contribution is -2.45. The molecule has 0 aliphatic carbocycles. The van der Waals surface area contributed by atoms with Gasteiger partial charge >= 0.3 is 12.0 Å². The number of urea groups is 1. The van der Waals surface area contributed by atoms with Crippen molar-refractivity contribution in [3.05, 3.63) is 0 Å². The third-order valence-corrected chi connectivity index (χ3v) is 3.44. The van der Waals surface area contributed by atoms with Crippen LogP contribution in [0.15, 0.2) is 0 Å². The number of carboxylic acid groups (broad SMARTS) is 1. The van der Waals surface area contributed by atoms with E-state index in [9.17, 15) is 9.59 Å². The standard InChI is InChI=1S/C13H24N2O3/c1-2-3-4-5-8-14-13(18)15-9-6-11(7-10-15)12(16)17/h11H,2-10H2,1H3,(H,14,18)(H,16,17). The summed E-state index contributed by atoms with van der Waals surface area (Å²) in [6, 6.07) is -0.0460. The van der Waals surface area contributed by atoms with Gasteiger partial charge in [0.05, 0.1) is 5.92 Å².